The maximum Gasteiger partial charge on any atom is 0.219 e. The smallest absolute Gasteiger partial charge is 0.219 e. The van der Waals surface area contributed by atoms with Crippen LogP contribution in [-0.4, -0.2) is 39.4 Å². The summed E-state index contributed by atoms with van der Waals surface area (Å²) in [6.07, 6.45) is 1.92. The van der Waals surface area contributed by atoms with Gasteiger partial charge in [-0.15, -0.1) is 10.2 Å². The van der Waals surface area contributed by atoms with Crippen LogP contribution in [0.5, 0.6) is 0 Å². The molecule has 7 heteroatoms. The second-order valence-electron chi connectivity index (χ2n) is 4.50. The highest BCUT2D eigenvalue weighted by Gasteiger charge is 2.23. The molecule has 1 aliphatic rings. The van der Waals surface area contributed by atoms with E-state index in [-0.39, 0.29) is 6.10 Å². The first kappa shape index (κ1) is 12.7. The van der Waals surface area contributed by atoms with Gasteiger partial charge in [0.25, 0.3) is 0 Å². The SMILES string of the molecule is CC(O)C1CCN(Cc2nnc(NN)s2)CC1. The molecule has 1 aromatic rings. The van der Waals surface area contributed by atoms with Gasteiger partial charge in [-0.1, -0.05) is 11.3 Å². The van der Waals surface area contributed by atoms with Crippen LogP contribution in [0.2, 0.25) is 0 Å². The summed E-state index contributed by atoms with van der Waals surface area (Å²) in [6, 6.07) is 0. The van der Waals surface area contributed by atoms with Crippen LogP contribution in [0, 0.1) is 5.92 Å². The third-order valence-electron chi connectivity index (χ3n) is 3.26. The molecule has 96 valence electrons. The lowest BCUT2D eigenvalue weighted by Crippen LogP contribution is -2.36. The minimum absolute atomic E-state index is 0.188. The molecular weight excluding hydrogens is 238 g/mol. The van der Waals surface area contributed by atoms with Crippen molar-refractivity contribution in [3.63, 3.8) is 0 Å². The van der Waals surface area contributed by atoms with E-state index in [1.54, 1.807) is 0 Å². The Morgan fingerprint density at radius 1 is 1.53 bits per heavy atom. The lowest BCUT2D eigenvalue weighted by molar-refractivity contribution is 0.0694. The normalized spacial score (nSPS) is 20.4. The number of piperidine rings is 1. The Labute approximate surface area is 105 Å². The standard InChI is InChI=1S/C10H19N5OS/c1-7(16)8-2-4-15(5-3-8)6-9-13-14-10(12-11)17-9/h7-8,16H,2-6,11H2,1H3,(H,12,14). The van der Waals surface area contributed by atoms with Crippen LogP contribution >= 0.6 is 11.3 Å². The van der Waals surface area contributed by atoms with Crippen molar-refractivity contribution < 1.29 is 5.11 Å². The maximum atomic E-state index is 9.53. The number of likely N-dealkylation sites (tertiary alicyclic amines) is 1. The maximum absolute atomic E-state index is 9.53. The molecule has 4 N–H and O–H groups in total. The summed E-state index contributed by atoms with van der Waals surface area (Å²) in [4.78, 5) is 2.35. The number of nitrogens with one attached hydrogen (secondary N) is 1. The summed E-state index contributed by atoms with van der Waals surface area (Å²) in [5.74, 6) is 5.71. The number of hydrogen-bond acceptors (Lipinski definition) is 7. The van der Waals surface area contributed by atoms with Gasteiger partial charge in [-0.05, 0) is 38.8 Å². The molecule has 0 radical (unpaired) electrons. The summed E-state index contributed by atoms with van der Waals surface area (Å²) in [6.45, 7) is 4.73. The number of aliphatic hydroxyl groups is 1. The van der Waals surface area contributed by atoms with Gasteiger partial charge in [0.1, 0.15) is 5.01 Å². The topological polar surface area (TPSA) is 87.3 Å². The zero-order valence-corrected chi connectivity index (χ0v) is 10.8. The molecule has 0 bridgehead atoms. The highest BCUT2D eigenvalue weighted by molar-refractivity contribution is 7.15. The molecule has 17 heavy (non-hydrogen) atoms. The van der Waals surface area contributed by atoms with E-state index in [1.807, 2.05) is 6.92 Å². The minimum atomic E-state index is -0.188. The molecule has 2 rings (SSSR count). The molecule has 1 unspecified atom stereocenters. The number of aliphatic hydroxyl groups excluding tert-OH is 1. The lowest BCUT2D eigenvalue weighted by Gasteiger charge is -2.32. The Hall–Kier alpha value is -0.760. The minimum Gasteiger partial charge on any atom is -0.393 e. The summed E-state index contributed by atoms with van der Waals surface area (Å²) >= 11 is 1.48. The van der Waals surface area contributed by atoms with Gasteiger partial charge in [0, 0.05) is 0 Å². The van der Waals surface area contributed by atoms with Gasteiger partial charge in [0.15, 0.2) is 0 Å². The average Bonchev–Trinajstić information content (AvgIpc) is 2.77. The zero-order chi connectivity index (χ0) is 12.3. The van der Waals surface area contributed by atoms with Crippen LogP contribution in [0.3, 0.4) is 0 Å². The number of hydrazine groups is 1. The number of nitrogens with two attached hydrogens (primary N) is 1. The number of rotatable bonds is 4. The van der Waals surface area contributed by atoms with E-state index in [0.29, 0.717) is 11.0 Å². The summed E-state index contributed by atoms with van der Waals surface area (Å²) in [7, 11) is 0. The summed E-state index contributed by atoms with van der Waals surface area (Å²) in [5, 5.41) is 19.1. The van der Waals surface area contributed by atoms with Crippen LogP contribution in [0.1, 0.15) is 24.8 Å². The van der Waals surface area contributed by atoms with Crippen molar-refractivity contribution in [1.82, 2.24) is 15.1 Å². The third kappa shape index (κ3) is 3.35. The summed E-state index contributed by atoms with van der Waals surface area (Å²) < 4.78 is 0. The fourth-order valence-corrected chi connectivity index (χ4v) is 2.85. The Morgan fingerprint density at radius 2 is 2.24 bits per heavy atom. The van der Waals surface area contributed by atoms with E-state index < -0.39 is 0 Å². The van der Waals surface area contributed by atoms with Gasteiger partial charge in [-0.3, -0.25) is 10.3 Å². The zero-order valence-electron chi connectivity index (χ0n) is 9.96. The number of aromatic nitrogens is 2. The van der Waals surface area contributed by atoms with E-state index >= 15 is 0 Å². The van der Waals surface area contributed by atoms with E-state index in [4.69, 9.17) is 5.84 Å². The van der Waals surface area contributed by atoms with Crippen molar-refractivity contribution in [2.24, 2.45) is 11.8 Å². The Kier molecular flexibility index (Phi) is 4.27. The molecule has 1 saturated heterocycles. The van der Waals surface area contributed by atoms with Crippen molar-refractivity contribution in [2.45, 2.75) is 32.4 Å². The van der Waals surface area contributed by atoms with Crippen LogP contribution in [0.4, 0.5) is 5.13 Å². The molecular formula is C10H19N5OS. The molecule has 0 amide bonds. The van der Waals surface area contributed by atoms with Crippen LogP contribution in [0.15, 0.2) is 0 Å². The fraction of sp³-hybridized carbons (Fsp3) is 0.800. The Balaban J connectivity index is 1.81. The van der Waals surface area contributed by atoms with Gasteiger partial charge in [0.05, 0.1) is 12.6 Å². The van der Waals surface area contributed by atoms with E-state index in [1.165, 1.54) is 11.3 Å². The molecule has 0 aliphatic carbocycles. The molecule has 1 fully saturated rings. The molecule has 6 nitrogen and oxygen atoms in total. The van der Waals surface area contributed by atoms with E-state index in [0.717, 1.165) is 37.5 Å². The number of nitrogen functional groups attached to an aromatic ring is 1. The van der Waals surface area contributed by atoms with E-state index in [2.05, 4.69) is 20.5 Å². The number of hydrogen-bond donors (Lipinski definition) is 3. The number of nitrogens with zero attached hydrogens (tertiary/aromatic N) is 3. The highest BCUT2D eigenvalue weighted by atomic mass is 32.1. The summed E-state index contributed by atoms with van der Waals surface area (Å²) in [5.41, 5.74) is 2.50. The van der Waals surface area contributed by atoms with E-state index in [9.17, 15) is 5.11 Å². The van der Waals surface area contributed by atoms with Crippen molar-refractivity contribution in [3.05, 3.63) is 5.01 Å². The van der Waals surface area contributed by atoms with Gasteiger partial charge in [-0.2, -0.15) is 0 Å². The second-order valence-corrected chi connectivity index (χ2v) is 5.56. The molecule has 0 saturated carbocycles. The van der Waals surface area contributed by atoms with Crippen LogP contribution < -0.4 is 11.3 Å². The molecule has 0 spiro atoms. The largest absolute Gasteiger partial charge is 0.393 e. The average molecular weight is 257 g/mol. The number of anilines is 1. The first-order valence-electron chi connectivity index (χ1n) is 5.88. The molecule has 1 aliphatic heterocycles. The van der Waals surface area contributed by atoms with Gasteiger partial charge in [0.2, 0.25) is 5.13 Å². The molecule has 1 atom stereocenters. The second kappa shape index (κ2) is 5.72. The van der Waals surface area contributed by atoms with Crippen molar-refractivity contribution >= 4 is 16.5 Å². The monoisotopic (exact) mass is 257 g/mol. The predicted molar refractivity (Wildman–Crippen MR) is 67.4 cm³/mol. The van der Waals surface area contributed by atoms with Crippen molar-refractivity contribution in [3.8, 4) is 0 Å². The Bertz CT molecular complexity index is 348. The molecule has 0 aromatic carbocycles. The van der Waals surface area contributed by atoms with Crippen molar-refractivity contribution in [2.75, 3.05) is 18.5 Å². The highest BCUT2D eigenvalue weighted by Crippen LogP contribution is 2.23. The molecule has 1 aromatic heterocycles. The van der Waals surface area contributed by atoms with Gasteiger partial charge in [-0.25, -0.2) is 5.84 Å². The fourth-order valence-electron chi connectivity index (χ4n) is 2.16. The van der Waals surface area contributed by atoms with Gasteiger partial charge < -0.3 is 5.11 Å². The van der Waals surface area contributed by atoms with Gasteiger partial charge >= 0.3 is 0 Å². The lowest BCUT2D eigenvalue weighted by atomic mass is 9.92. The van der Waals surface area contributed by atoms with Crippen LogP contribution in [-0.2, 0) is 6.54 Å². The van der Waals surface area contributed by atoms with Crippen LogP contribution in [0.25, 0.3) is 0 Å². The quantitative estimate of drug-likeness (QED) is 0.535. The molecule has 2 heterocycles. The predicted octanol–water partition coefficient (Wildman–Crippen LogP) is 0.416. The first-order valence-corrected chi connectivity index (χ1v) is 6.70. The first-order chi connectivity index (χ1) is 8.19. The Morgan fingerprint density at radius 3 is 2.76 bits per heavy atom. The third-order valence-corrected chi connectivity index (χ3v) is 4.10. The van der Waals surface area contributed by atoms with Crippen molar-refractivity contribution in [1.29, 1.82) is 0 Å².